The molecule has 170 valence electrons. The van der Waals surface area contributed by atoms with E-state index in [-0.39, 0.29) is 48.1 Å². The standard InChI is InChI=1S/C23H31N3O4.ClH/c1-16(2)30-20-11-6-5-10-19(20)25-21(27)12-14-24-13-7-15-26-22(28)17-8-3-4-9-18(17)23(26)29;/h3-6,10-11,16-18,24H,7-9,12-15H2,1-2H3,(H,25,27);1H. The second kappa shape index (κ2) is 11.9. The summed E-state index contributed by atoms with van der Waals surface area (Å²) in [6.07, 6.45) is 6.37. The highest BCUT2D eigenvalue weighted by molar-refractivity contribution is 6.05. The quantitative estimate of drug-likeness (QED) is 0.325. The third-order valence-corrected chi connectivity index (χ3v) is 5.39. The van der Waals surface area contributed by atoms with Crippen LogP contribution in [0.4, 0.5) is 5.69 Å². The Morgan fingerprint density at radius 2 is 1.74 bits per heavy atom. The topological polar surface area (TPSA) is 87.7 Å². The highest BCUT2D eigenvalue weighted by atomic mass is 35.5. The number of nitrogens with one attached hydrogen (secondary N) is 2. The van der Waals surface area contributed by atoms with E-state index in [1.807, 2.05) is 50.3 Å². The zero-order chi connectivity index (χ0) is 21.5. The van der Waals surface area contributed by atoms with Gasteiger partial charge >= 0.3 is 0 Å². The summed E-state index contributed by atoms with van der Waals surface area (Å²) >= 11 is 0. The second-order valence-electron chi connectivity index (χ2n) is 8.05. The molecule has 8 heteroatoms. The van der Waals surface area contributed by atoms with Crippen LogP contribution in [0.25, 0.3) is 0 Å². The lowest BCUT2D eigenvalue weighted by molar-refractivity contribution is -0.139. The van der Waals surface area contributed by atoms with Gasteiger partial charge in [0.15, 0.2) is 0 Å². The highest BCUT2D eigenvalue weighted by Gasteiger charge is 2.46. The number of fused-ring (bicyclic) bond motifs is 1. The molecular weight excluding hydrogens is 418 g/mol. The van der Waals surface area contributed by atoms with Gasteiger partial charge in [-0.2, -0.15) is 0 Å². The number of amides is 3. The molecule has 1 aliphatic carbocycles. The summed E-state index contributed by atoms with van der Waals surface area (Å²) < 4.78 is 5.71. The lowest BCUT2D eigenvalue weighted by atomic mass is 9.85. The molecule has 1 heterocycles. The smallest absolute Gasteiger partial charge is 0.233 e. The van der Waals surface area contributed by atoms with Crippen molar-refractivity contribution in [1.82, 2.24) is 10.2 Å². The molecule has 2 N–H and O–H groups in total. The van der Waals surface area contributed by atoms with E-state index in [1.165, 1.54) is 4.90 Å². The number of hydrogen-bond donors (Lipinski definition) is 2. The van der Waals surface area contributed by atoms with Crippen LogP contribution in [-0.4, -0.2) is 48.4 Å². The minimum atomic E-state index is -0.165. The normalized spacial score (nSPS) is 19.9. The molecule has 1 saturated heterocycles. The van der Waals surface area contributed by atoms with Crippen LogP contribution < -0.4 is 15.4 Å². The molecule has 2 atom stereocenters. The van der Waals surface area contributed by atoms with Crippen LogP contribution in [0.15, 0.2) is 36.4 Å². The number of para-hydroxylation sites is 2. The van der Waals surface area contributed by atoms with Gasteiger partial charge in [-0.15, -0.1) is 12.4 Å². The van der Waals surface area contributed by atoms with Crippen molar-refractivity contribution in [3.8, 4) is 5.75 Å². The van der Waals surface area contributed by atoms with Gasteiger partial charge in [-0.1, -0.05) is 24.3 Å². The number of carbonyl (C=O) groups is 3. The fourth-order valence-corrected chi connectivity index (χ4v) is 3.92. The summed E-state index contributed by atoms with van der Waals surface area (Å²) in [7, 11) is 0. The predicted molar refractivity (Wildman–Crippen MR) is 122 cm³/mol. The third kappa shape index (κ3) is 6.55. The van der Waals surface area contributed by atoms with Crippen molar-refractivity contribution >= 4 is 35.8 Å². The summed E-state index contributed by atoms with van der Waals surface area (Å²) in [6.45, 7) is 5.48. The lowest BCUT2D eigenvalue weighted by Gasteiger charge is -2.15. The van der Waals surface area contributed by atoms with Crippen LogP contribution in [-0.2, 0) is 14.4 Å². The maximum Gasteiger partial charge on any atom is 0.233 e. The van der Waals surface area contributed by atoms with Crippen LogP contribution >= 0.6 is 12.4 Å². The summed E-state index contributed by atoms with van der Waals surface area (Å²) in [4.78, 5) is 38.5. The molecule has 0 spiro atoms. The molecule has 3 amide bonds. The Morgan fingerprint density at radius 3 is 2.39 bits per heavy atom. The summed E-state index contributed by atoms with van der Waals surface area (Å²) in [6, 6.07) is 7.38. The van der Waals surface area contributed by atoms with Crippen molar-refractivity contribution in [3.05, 3.63) is 36.4 Å². The first-order chi connectivity index (χ1) is 14.5. The molecule has 3 rings (SSSR count). The number of allylic oxidation sites excluding steroid dienone is 2. The number of anilines is 1. The van der Waals surface area contributed by atoms with Gasteiger partial charge in [0, 0.05) is 19.5 Å². The first-order valence-corrected chi connectivity index (χ1v) is 10.7. The largest absolute Gasteiger partial charge is 0.489 e. The van der Waals surface area contributed by atoms with E-state index in [9.17, 15) is 14.4 Å². The SMILES string of the molecule is CC(C)Oc1ccccc1NC(=O)CCNCCCN1C(=O)C2CC=CCC2C1=O.Cl. The molecule has 0 radical (unpaired) electrons. The van der Waals surface area contributed by atoms with Gasteiger partial charge < -0.3 is 15.4 Å². The lowest BCUT2D eigenvalue weighted by Crippen LogP contribution is -2.34. The first kappa shape index (κ1) is 24.9. The Bertz CT molecular complexity index is 786. The van der Waals surface area contributed by atoms with E-state index >= 15 is 0 Å². The van der Waals surface area contributed by atoms with Gasteiger partial charge in [0.05, 0.1) is 23.6 Å². The maximum absolute atomic E-state index is 12.4. The maximum atomic E-state index is 12.4. The van der Waals surface area contributed by atoms with Crippen molar-refractivity contribution in [2.45, 2.75) is 45.6 Å². The van der Waals surface area contributed by atoms with Gasteiger partial charge in [-0.25, -0.2) is 0 Å². The predicted octanol–water partition coefficient (Wildman–Crippen LogP) is 3.16. The molecule has 1 aromatic carbocycles. The number of imide groups is 1. The first-order valence-electron chi connectivity index (χ1n) is 10.7. The molecule has 1 fully saturated rings. The minimum absolute atomic E-state index is 0. The zero-order valence-electron chi connectivity index (χ0n) is 18.1. The Kier molecular flexibility index (Phi) is 9.52. The fourth-order valence-electron chi connectivity index (χ4n) is 3.92. The second-order valence-corrected chi connectivity index (χ2v) is 8.05. The van der Waals surface area contributed by atoms with Crippen molar-refractivity contribution in [2.75, 3.05) is 25.0 Å². The number of ether oxygens (including phenoxy) is 1. The van der Waals surface area contributed by atoms with E-state index < -0.39 is 0 Å². The van der Waals surface area contributed by atoms with Gasteiger partial charge in [-0.05, 0) is 51.8 Å². The van der Waals surface area contributed by atoms with E-state index in [1.54, 1.807) is 0 Å². The van der Waals surface area contributed by atoms with E-state index in [0.717, 1.165) is 0 Å². The molecule has 0 bridgehead atoms. The molecule has 2 unspecified atom stereocenters. The van der Waals surface area contributed by atoms with Gasteiger partial charge in [0.1, 0.15) is 5.75 Å². The van der Waals surface area contributed by atoms with E-state index in [0.29, 0.717) is 56.8 Å². The third-order valence-electron chi connectivity index (χ3n) is 5.39. The molecular formula is C23H32ClN3O4. The Hall–Kier alpha value is -2.38. The van der Waals surface area contributed by atoms with E-state index in [2.05, 4.69) is 10.6 Å². The highest BCUT2D eigenvalue weighted by Crippen LogP contribution is 2.34. The van der Waals surface area contributed by atoms with Crippen LogP contribution in [0, 0.1) is 11.8 Å². The Labute approximate surface area is 190 Å². The molecule has 2 aliphatic rings. The minimum Gasteiger partial charge on any atom is -0.489 e. The number of halogens is 1. The Morgan fingerprint density at radius 1 is 1.10 bits per heavy atom. The average Bonchev–Trinajstić information content (AvgIpc) is 2.96. The van der Waals surface area contributed by atoms with Crippen molar-refractivity contribution < 1.29 is 19.1 Å². The van der Waals surface area contributed by atoms with Gasteiger partial charge in [0.25, 0.3) is 0 Å². The molecule has 1 aliphatic heterocycles. The zero-order valence-corrected chi connectivity index (χ0v) is 19.0. The van der Waals surface area contributed by atoms with Gasteiger partial charge in [0.2, 0.25) is 17.7 Å². The van der Waals surface area contributed by atoms with Crippen LogP contribution in [0.5, 0.6) is 5.75 Å². The van der Waals surface area contributed by atoms with Crippen molar-refractivity contribution in [3.63, 3.8) is 0 Å². The number of hydrogen-bond acceptors (Lipinski definition) is 5. The molecule has 0 aromatic heterocycles. The number of carbonyl (C=O) groups excluding carboxylic acids is 3. The van der Waals surface area contributed by atoms with Crippen molar-refractivity contribution in [2.24, 2.45) is 11.8 Å². The Balaban J connectivity index is 0.00000341. The number of benzene rings is 1. The molecule has 0 saturated carbocycles. The van der Waals surface area contributed by atoms with Crippen LogP contribution in [0.3, 0.4) is 0 Å². The molecule has 31 heavy (non-hydrogen) atoms. The number of rotatable bonds is 10. The fraction of sp³-hybridized carbons (Fsp3) is 0.522. The van der Waals surface area contributed by atoms with Crippen LogP contribution in [0.2, 0.25) is 0 Å². The van der Waals surface area contributed by atoms with E-state index in [4.69, 9.17) is 4.74 Å². The number of likely N-dealkylation sites (tertiary alicyclic amines) is 1. The molecule has 1 aromatic rings. The summed E-state index contributed by atoms with van der Waals surface area (Å²) in [5, 5.41) is 6.10. The number of nitrogens with zero attached hydrogens (tertiary/aromatic N) is 1. The monoisotopic (exact) mass is 449 g/mol. The van der Waals surface area contributed by atoms with Crippen molar-refractivity contribution in [1.29, 1.82) is 0 Å². The average molecular weight is 450 g/mol. The van der Waals surface area contributed by atoms with Crippen LogP contribution in [0.1, 0.15) is 39.5 Å². The van der Waals surface area contributed by atoms with Gasteiger partial charge in [-0.3, -0.25) is 19.3 Å². The summed E-state index contributed by atoms with van der Waals surface area (Å²) in [5.41, 5.74) is 0.665. The molecule has 7 nitrogen and oxygen atoms in total. The summed E-state index contributed by atoms with van der Waals surface area (Å²) in [5.74, 6) is 0.170.